The van der Waals surface area contributed by atoms with Crippen LogP contribution in [0.25, 0.3) is 0 Å². The van der Waals surface area contributed by atoms with Crippen molar-refractivity contribution in [2.45, 2.75) is 40.2 Å². The summed E-state index contributed by atoms with van der Waals surface area (Å²) in [7, 11) is 0. The van der Waals surface area contributed by atoms with Crippen LogP contribution in [0, 0.1) is 13.8 Å². The SMILES string of the molecule is CC.Cc1cnc2c(c1C)NCC(O)C2. The number of aromatic nitrogens is 1. The number of fused-ring (bicyclic) bond motifs is 1. The minimum atomic E-state index is -0.290. The van der Waals surface area contributed by atoms with Gasteiger partial charge in [0.2, 0.25) is 0 Å². The minimum Gasteiger partial charge on any atom is -0.391 e. The van der Waals surface area contributed by atoms with Gasteiger partial charge in [-0.1, -0.05) is 13.8 Å². The Labute approximate surface area is 91.5 Å². The molecule has 0 aliphatic carbocycles. The molecule has 1 aliphatic heterocycles. The lowest BCUT2D eigenvalue weighted by molar-refractivity contribution is 0.183. The van der Waals surface area contributed by atoms with Gasteiger partial charge in [-0.15, -0.1) is 0 Å². The molecule has 1 aromatic heterocycles. The van der Waals surface area contributed by atoms with E-state index in [9.17, 15) is 5.11 Å². The maximum Gasteiger partial charge on any atom is 0.0768 e. The maximum atomic E-state index is 9.41. The molecule has 0 saturated carbocycles. The summed E-state index contributed by atoms with van der Waals surface area (Å²) < 4.78 is 0. The highest BCUT2D eigenvalue weighted by Gasteiger charge is 2.18. The fraction of sp³-hybridized carbons (Fsp3) is 0.583. The van der Waals surface area contributed by atoms with Crippen LogP contribution in [0.4, 0.5) is 5.69 Å². The van der Waals surface area contributed by atoms with E-state index in [1.807, 2.05) is 20.0 Å². The zero-order valence-corrected chi connectivity index (χ0v) is 9.96. The third-order valence-electron chi connectivity index (χ3n) is 2.61. The van der Waals surface area contributed by atoms with Gasteiger partial charge in [0.1, 0.15) is 0 Å². The number of aliphatic hydroxyl groups excluding tert-OH is 1. The average molecular weight is 208 g/mol. The van der Waals surface area contributed by atoms with E-state index in [1.165, 1.54) is 11.1 Å². The first kappa shape index (κ1) is 12.0. The first-order chi connectivity index (χ1) is 7.18. The Morgan fingerprint density at radius 2 is 2.07 bits per heavy atom. The lowest BCUT2D eigenvalue weighted by Gasteiger charge is -2.23. The predicted molar refractivity (Wildman–Crippen MR) is 63.3 cm³/mol. The minimum absolute atomic E-state index is 0.290. The highest BCUT2D eigenvalue weighted by Crippen LogP contribution is 2.25. The second-order valence-electron chi connectivity index (χ2n) is 3.63. The molecule has 84 valence electrons. The van der Waals surface area contributed by atoms with Gasteiger partial charge in [0.05, 0.1) is 17.5 Å². The van der Waals surface area contributed by atoms with E-state index in [-0.39, 0.29) is 6.10 Å². The monoisotopic (exact) mass is 208 g/mol. The molecule has 3 heteroatoms. The number of pyridine rings is 1. The van der Waals surface area contributed by atoms with Crippen molar-refractivity contribution >= 4 is 5.69 Å². The second kappa shape index (κ2) is 5.12. The summed E-state index contributed by atoms with van der Waals surface area (Å²) in [5.41, 5.74) is 4.55. The first-order valence-electron chi connectivity index (χ1n) is 5.55. The molecule has 3 nitrogen and oxygen atoms in total. The molecule has 1 aliphatic rings. The number of aliphatic hydroxyl groups is 1. The molecule has 0 aromatic carbocycles. The van der Waals surface area contributed by atoms with E-state index in [1.54, 1.807) is 0 Å². The van der Waals surface area contributed by atoms with Crippen LogP contribution < -0.4 is 5.32 Å². The van der Waals surface area contributed by atoms with Crippen LogP contribution in [0.1, 0.15) is 30.7 Å². The average Bonchev–Trinajstić information content (AvgIpc) is 2.26. The highest BCUT2D eigenvalue weighted by molar-refractivity contribution is 5.58. The van der Waals surface area contributed by atoms with Crippen LogP contribution >= 0.6 is 0 Å². The molecule has 0 fully saturated rings. The zero-order valence-electron chi connectivity index (χ0n) is 9.96. The molecular formula is C12H20N2O. The quantitative estimate of drug-likeness (QED) is 0.686. The summed E-state index contributed by atoms with van der Waals surface area (Å²) in [6.07, 6.45) is 2.25. The van der Waals surface area contributed by atoms with E-state index in [0.29, 0.717) is 13.0 Å². The number of hydrogen-bond donors (Lipinski definition) is 2. The maximum absolute atomic E-state index is 9.41. The molecule has 1 aromatic rings. The van der Waals surface area contributed by atoms with E-state index in [4.69, 9.17) is 0 Å². The Hall–Kier alpha value is -1.09. The summed E-state index contributed by atoms with van der Waals surface area (Å²) in [4.78, 5) is 4.31. The van der Waals surface area contributed by atoms with Gasteiger partial charge in [0, 0.05) is 19.2 Å². The van der Waals surface area contributed by atoms with E-state index < -0.39 is 0 Å². The number of nitrogens with one attached hydrogen (secondary N) is 1. The molecule has 1 unspecified atom stereocenters. The van der Waals surface area contributed by atoms with Crippen molar-refractivity contribution in [1.82, 2.24) is 4.98 Å². The van der Waals surface area contributed by atoms with Gasteiger partial charge in [0.25, 0.3) is 0 Å². The summed E-state index contributed by atoms with van der Waals surface area (Å²) in [6.45, 7) is 8.77. The molecule has 15 heavy (non-hydrogen) atoms. The van der Waals surface area contributed by atoms with Crippen molar-refractivity contribution in [3.05, 3.63) is 23.0 Å². The molecule has 0 spiro atoms. The molecule has 0 radical (unpaired) electrons. The van der Waals surface area contributed by atoms with Crippen molar-refractivity contribution in [1.29, 1.82) is 0 Å². The number of nitrogens with zero attached hydrogens (tertiary/aromatic N) is 1. The van der Waals surface area contributed by atoms with Crippen LogP contribution in [0.2, 0.25) is 0 Å². The van der Waals surface area contributed by atoms with E-state index >= 15 is 0 Å². The van der Waals surface area contributed by atoms with Crippen molar-refractivity contribution in [3.8, 4) is 0 Å². The predicted octanol–water partition coefficient (Wildman–Crippen LogP) is 2.05. The van der Waals surface area contributed by atoms with Crippen molar-refractivity contribution in [2.75, 3.05) is 11.9 Å². The highest BCUT2D eigenvalue weighted by atomic mass is 16.3. The summed E-state index contributed by atoms with van der Waals surface area (Å²) in [5.74, 6) is 0. The fourth-order valence-corrected chi connectivity index (χ4v) is 1.65. The standard InChI is InChI=1S/C10H14N2O.C2H6/c1-6-4-11-9-3-8(13)5-12-10(9)7(6)2;1-2/h4,8,12-13H,3,5H2,1-2H3;1-2H3. The van der Waals surface area contributed by atoms with Gasteiger partial charge in [0.15, 0.2) is 0 Å². The van der Waals surface area contributed by atoms with Gasteiger partial charge in [-0.05, 0) is 25.0 Å². The zero-order chi connectivity index (χ0) is 11.4. The number of hydrogen-bond acceptors (Lipinski definition) is 3. The molecule has 0 saturated heterocycles. The van der Waals surface area contributed by atoms with Gasteiger partial charge in [-0.25, -0.2) is 0 Å². The second-order valence-corrected chi connectivity index (χ2v) is 3.63. The van der Waals surface area contributed by atoms with Gasteiger partial charge >= 0.3 is 0 Å². The third kappa shape index (κ3) is 2.48. The first-order valence-corrected chi connectivity index (χ1v) is 5.55. The normalized spacial score (nSPS) is 18.3. The topological polar surface area (TPSA) is 45.2 Å². The van der Waals surface area contributed by atoms with Crippen LogP contribution in [0.3, 0.4) is 0 Å². The molecule has 0 amide bonds. The van der Waals surface area contributed by atoms with E-state index in [0.717, 1.165) is 11.4 Å². The van der Waals surface area contributed by atoms with E-state index in [2.05, 4.69) is 24.1 Å². The Morgan fingerprint density at radius 3 is 2.73 bits per heavy atom. The fourth-order valence-electron chi connectivity index (χ4n) is 1.65. The van der Waals surface area contributed by atoms with Crippen molar-refractivity contribution in [2.24, 2.45) is 0 Å². The molecular weight excluding hydrogens is 188 g/mol. The van der Waals surface area contributed by atoms with Crippen LogP contribution in [0.15, 0.2) is 6.20 Å². The Kier molecular flexibility index (Phi) is 4.09. The lowest BCUT2D eigenvalue weighted by atomic mass is 10.0. The number of aryl methyl sites for hydroxylation is 1. The number of rotatable bonds is 0. The summed E-state index contributed by atoms with van der Waals surface area (Å²) in [6, 6.07) is 0. The number of β-amino-alcohol motifs (C(OH)–C–C–N with tert-alkyl or cyclic N) is 1. The molecule has 2 rings (SSSR count). The van der Waals surface area contributed by atoms with Gasteiger partial charge < -0.3 is 10.4 Å². The Morgan fingerprint density at radius 1 is 1.40 bits per heavy atom. The van der Waals surface area contributed by atoms with Crippen LogP contribution in [0.5, 0.6) is 0 Å². The van der Waals surface area contributed by atoms with Crippen LogP contribution in [-0.2, 0) is 6.42 Å². The Balaban J connectivity index is 0.000000531. The molecule has 2 N–H and O–H groups in total. The van der Waals surface area contributed by atoms with Gasteiger partial charge in [-0.3, -0.25) is 4.98 Å². The smallest absolute Gasteiger partial charge is 0.0768 e. The van der Waals surface area contributed by atoms with Crippen LogP contribution in [-0.4, -0.2) is 22.7 Å². The molecule has 0 bridgehead atoms. The third-order valence-corrected chi connectivity index (χ3v) is 2.61. The molecule has 2 heterocycles. The Bertz CT molecular complexity index is 337. The lowest BCUT2D eigenvalue weighted by Crippen LogP contribution is -2.28. The van der Waals surface area contributed by atoms with Gasteiger partial charge in [-0.2, -0.15) is 0 Å². The molecule has 1 atom stereocenters. The largest absolute Gasteiger partial charge is 0.391 e. The van der Waals surface area contributed by atoms with Crippen molar-refractivity contribution in [3.63, 3.8) is 0 Å². The summed E-state index contributed by atoms with van der Waals surface area (Å²) >= 11 is 0. The summed E-state index contributed by atoms with van der Waals surface area (Å²) in [5, 5.41) is 12.6. The number of anilines is 1. The van der Waals surface area contributed by atoms with Crippen molar-refractivity contribution < 1.29 is 5.11 Å².